The van der Waals surface area contributed by atoms with Gasteiger partial charge in [-0.1, -0.05) is 19.8 Å². The molecule has 1 atom stereocenters. The van der Waals surface area contributed by atoms with Crippen molar-refractivity contribution in [2.45, 2.75) is 63.8 Å². The monoisotopic (exact) mass is 339 g/mol. The molecule has 2 aliphatic rings. The van der Waals surface area contributed by atoms with Gasteiger partial charge in [0.05, 0.1) is 11.6 Å². The van der Waals surface area contributed by atoms with Gasteiger partial charge >= 0.3 is 0 Å². The zero-order valence-electron chi connectivity index (χ0n) is 14.8. The molecular formula is C20H25N3O2. The molecule has 0 spiro atoms. The summed E-state index contributed by atoms with van der Waals surface area (Å²) in [5.74, 6) is 3.28. The SMILES string of the molecule is CCc1ccc(C2CCCCCN2C(=O)c2cnc(C3CC3)nc2)o1. The van der Waals surface area contributed by atoms with E-state index in [4.69, 9.17) is 4.42 Å². The Labute approximate surface area is 148 Å². The number of carbonyl (C=O) groups is 1. The van der Waals surface area contributed by atoms with E-state index in [1.807, 2.05) is 17.0 Å². The number of carbonyl (C=O) groups excluding carboxylic acids is 1. The Kier molecular flexibility index (Phi) is 4.55. The molecule has 1 aliphatic carbocycles. The van der Waals surface area contributed by atoms with Crippen LogP contribution in [0.4, 0.5) is 0 Å². The number of aryl methyl sites for hydroxylation is 1. The second-order valence-corrected chi connectivity index (χ2v) is 7.13. The molecule has 2 aromatic rings. The lowest BCUT2D eigenvalue weighted by Crippen LogP contribution is -2.34. The highest BCUT2D eigenvalue weighted by atomic mass is 16.3. The van der Waals surface area contributed by atoms with E-state index in [1.54, 1.807) is 12.4 Å². The number of rotatable bonds is 4. The minimum absolute atomic E-state index is 0.0124. The van der Waals surface area contributed by atoms with Crippen molar-refractivity contribution in [1.82, 2.24) is 14.9 Å². The molecule has 25 heavy (non-hydrogen) atoms. The fourth-order valence-corrected chi connectivity index (χ4v) is 3.58. The van der Waals surface area contributed by atoms with Crippen molar-refractivity contribution in [3.63, 3.8) is 0 Å². The Morgan fingerprint density at radius 2 is 1.96 bits per heavy atom. The predicted molar refractivity (Wildman–Crippen MR) is 94.3 cm³/mol. The van der Waals surface area contributed by atoms with Gasteiger partial charge in [0, 0.05) is 31.3 Å². The van der Waals surface area contributed by atoms with Gasteiger partial charge in [-0.15, -0.1) is 0 Å². The number of aromatic nitrogens is 2. The van der Waals surface area contributed by atoms with Crippen LogP contribution in [0.5, 0.6) is 0 Å². The first-order valence-corrected chi connectivity index (χ1v) is 9.47. The van der Waals surface area contributed by atoms with E-state index in [1.165, 1.54) is 12.8 Å². The first kappa shape index (κ1) is 16.3. The Morgan fingerprint density at radius 1 is 1.16 bits per heavy atom. The molecule has 5 heteroatoms. The first-order chi connectivity index (χ1) is 12.3. The van der Waals surface area contributed by atoms with Crippen molar-refractivity contribution < 1.29 is 9.21 Å². The third kappa shape index (κ3) is 3.46. The Morgan fingerprint density at radius 3 is 2.64 bits per heavy atom. The van der Waals surface area contributed by atoms with E-state index in [0.717, 1.165) is 56.0 Å². The van der Waals surface area contributed by atoms with Crippen LogP contribution in [0.15, 0.2) is 28.9 Å². The van der Waals surface area contributed by atoms with Gasteiger partial charge in [0.15, 0.2) is 0 Å². The van der Waals surface area contributed by atoms with Crippen molar-refractivity contribution in [2.75, 3.05) is 6.54 Å². The van der Waals surface area contributed by atoms with Gasteiger partial charge in [0.2, 0.25) is 0 Å². The van der Waals surface area contributed by atoms with Crippen molar-refractivity contribution in [1.29, 1.82) is 0 Å². The smallest absolute Gasteiger partial charge is 0.257 e. The van der Waals surface area contributed by atoms with E-state index in [-0.39, 0.29) is 11.9 Å². The maximum absolute atomic E-state index is 13.1. The lowest BCUT2D eigenvalue weighted by molar-refractivity contribution is 0.0656. The van der Waals surface area contributed by atoms with E-state index in [2.05, 4.69) is 16.9 Å². The van der Waals surface area contributed by atoms with Crippen molar-refractivity contribution in [3.05, 3.63) is 47.4 Å². The summed E-state index contributed by atoms with van der Waals surface area (Å²) >= 11 is 0. The molecule has 0 radical (unpaired) electrons. The Bertz CT molecular complexity index is 734. The molecule has 4 rings (SSSR count). The second kappa shape index (κ2) is 6.98. The van der Waals surface area contributed by atoms with Gasteiger partial charge in [0.1, 0.15) is 17.3 Å². The molecule has 0 N–H and O–H groups in total. The lowest BCUT2D eigenvalue weighted by atomic mass is 10.1. The molecule has 3 heterocycles. The van der Waals surface area contributed by atoms with Crippen molar-refractivity contribution in [3.8, 4) is 0 Å². The zero-order chi connectivity index (χ0) is 17.2. The molecule has 2 aromatic heterocycles. The topological polar surface area (TPSA) is 59.2 Å². The van der Waals surface area contributed by atoms with Crippen LogP contribution >= 0.6 is 0 Å². The van der Waals surface area contributed by atoms with Crippen LogP contribution in [0.25, 0.3) is 0 Å². The highest BCUT2D eigenvalue weighted by Gasteiger charge is 2.31. The van der Waals surface area contributed by atoms with Crippen molar-refractivity contribution >= 4 is 5.91 Å². The number of likely N-dealkylation sites (tertiary alicyclic amines) is 1. The van der Waals surface area contributed by atoms with Gasteiger partial charge in [-0.25, -0.2) is 9.97 Å². The molecule has 1 saturated carbocycles. The van der Waals surface area contributed by atoms with Crippen LogP contribution in [-0.2, 0) is 6.42 Å². The molecular weight excluding hydrogens is 314 g/mol. The van der Waals surface area contributed by atoms with Gasteiger partial charge < -0.3 is 9.32 Å². The first-order valence-electron chi connectivity index (χ1n) is 9.47. The van der Waals surface area contributed by atoms with Gasteiger partial charge in [0.25, 0.3) is 5.91 Å². The summed E-state index contributed by atoms with van der Waals surface area (Å²) in [5.41, 5.74) is 0.582. The van der Waals surface area contributed by atoms with Crippen molar-refractivity contribution in [2.24, 2.45) is 0 Å². The third-order valence-corrected chi connectivity index (χ3v) is 5.23. The summed E-state index contributed by atoms with van der Waals surface area (Å²) in [6, 6.07) is 4.07. The fourth-order valence-electron chi connectivity index (χ4n) is 3.58. The van der Waals surface area contributed by atoms with Crippen LogP contribution in [0.1, 0.15) is 85.1 Å². The van der Waals surface area contributed by atoms with Gasteiger partial charge in [-0.3, -0.25) is 4.79 Å². The zero-order valence-corrected chi connectivity index (χ0v) is 14.8. The van der Waals surface area contributed by atoms with E-state index >= 15 is 0 Å². The molecule has 5 nitrogen and oxygen atoms in total. The van der Waals surface area contributed by atoms with Gasteiger partial charge in [-0.2, -0.15) is 0 Å². The van der Waals surface area contributed by atoms with E-state index in [0.29, 0.717) is 11.5 Å². The molecule has 2 fully saturated rings. The highest BCUT2D eigenvalue weighted by molar-refractivity contribution is 5.93. The minimum Gasteiger partial charge on any atom is -0.464 e. The second-order valence-electron chi connectivity index (χ2n) is 7.13. The molecule has 1 unspecified atom stereocenters. The van der Waals surface area contributed by atoms with Crippen LogP contribution in [0.2, 0.25) is 0 Å². The maximum atomic E-state index is 13.1. The van der Waals surface area contributed by atoms with E-state index < -0.39 is 0 Å². The highest BCUT2D eigenvalue weighted by Crippen LogP contribution is 2.38. The Balaban J connectivity index is 1.58. The fraction of sp³-hybridized carbons (Fsp3) is 0.550. The number of furan rings is 1. The standard InChI is InChI=1S/C20H25N3O2/c1-2-16-9-10-18(25-16)17-6-4-3-5-11-23(17)20(24)15-12-21-19(22-13-15)14-7-8-14/h9-10,12-14,17H,2-8,11H2,1H3. The average Bonchev–Trinajstić information content (AvgIpc) is 3.44. The quantitative estimate of drug-likeness (QED) is 0.835. The van der Waals surface area contributed by atoms with Crippen LogP contribution in [-0.4, -0.2) is 27.3 Å². The molecule has 1 amide bonds. The normalized spacial score (nSPS) is 21.2. The summed E-state index contributed by atoms with van der Waals surface area (Å²) in [4.78, 5) is 23.9. The summed E-state index contributed by atoms with van der Waals surface area (Å²) in [5, 5.41) is 0. The maximum Gasteiger partial charge on any atom is 0.257 e. The number of hydrogen-bond donors (Lipinski definition) is 0. The summed E-state index contributed by atoms with van der Waals surface area (Å²) < 4.78 is 5.98. The van der Waals surface area contributed by atoms with Crippen LogP contribution in [0.3, 0.4) is 0 Å². The predicted octanol–water partition coefficient (Wildman–Crippen LogP) is 4.27. The lowest BCUT2D eigenvalue weighted by Gasteiger charge is -2.28. The largest absolute Gasteiger partial charge is 0.464 e. The molecule has 1 saturated heterocycles. The molecule has 132 valence electrons. The molecule has 1 aliphatic heterocycles. The van der Waals surface area contributed by atoms with E-state index in [9.17, 15) is 4.79 Å². The molecule has 0 bridgehead atoms. The number of amides is 1. The third-order valence-electron chi connectivity index (χ3n) is 5.23. The van der Waals surface area contributed by atoms with Gasteiger partial charge in [-0.05, 0) is 37.8 Å². The minimum atomic E-state index is 0.0124. The molecule has 0 aromatic carbocycles. The summed E-state index contributed by atoms with van der Waals surface area (Å²) in [7, 11) is 0. The average molecular weight is 339 g/mol. The summed E-state index contributed by atoms with van der Waals surface area (Å²) in [6.07, 6.45) is 10.9. The Hall–Kier alpha value is -2.17. The number of nitrogens with zero attached hydrogens (tertiary/aromatic N) is 3. The van der Waals surface area contributed by atoms with Crippen LogP contribution < -0.4 is 0 Å². The number of hydrogen-bond acceptors (Lipinski definition) is 4. The summed E-state index contributed by atoms with van der Waals surface area (Å²) in [6.45, 7) is 2.84. The van der Waals surface area contributed by atoms with Crippen LogP contribution in [0, 0.1) is 0 Å².